The van der Waals surface area contributed by atoms with Gasteiger partial charge in [-0.2, -0.15) is 5.10 Å². The van der Waals surface area contributed by atoms with Gasteiger partial charge in [-0.1, -0.05) is 39.0 Å². The lowest BCUT2D eigenvalue weighted by molar-refractivity contribution is 0.293. The predicted octanol–water partition coefficient (Wildman–Crippen LogP) is 4.15. The van der Waals surface area contributed by atoms with E-state index < -0.39 is 9.84 Å². The molecule has 0 fully saturated rings. The van der Waals surface area contributed by atoms with Gasteiger partial charge in [-0.15, -0.1) is 0 Å². The number of fused-ring (bicyclic) bond motifs is 1. The number of rotatable bonds is 4. The van der Waals surface area contributed by atoms with E-state index in [1.54, 1.807) is 13.0 Å². The molecule has 1 aromatic heterocycles. The summed E-state index contributed by atoms with van der Waals surface area (Å²) in [4.78, 5) is 0.347. The van der Waals surface area contributed by atoms with E-state index in [-0.39, 0.29) is 5.41 Å². The third-order valence-corrected chi connectivity index (χ3v) is 5.64. The molecular formula is C20H24N2O3S. The number of nitrogens with zero attached hydrogens (tertiary/aromatic N) is 1. The number of nitrogens with one attached hydrogen (secondary N) is 1. The van der Waals surface area contributed by atoms with Gasteiger partial charge in [0.2, 0.25) is 0 Å². The van der Waals surface area contributed by atoms with Crippen LogP contribution >= 0.6 is 0 Å². The van der Waals surface area contributed by atoms with E-state index in [0.717, 1.165) is 22.2 Å². The predicted molar refractivity (Wildman–Crippen MR) is 103 cm³/mol. The molecule has 26 heavy (non-hydrogen) atoms. The highest BCUT2D eigenvalue weighted by molar-refractivity contribution is 7.90. The molecule has 0 aliphatic heterocycles. The molecule has 0 atom stereocenters. The van der Waals surface area contributed by atoms with Crippen molar-refractivity contribution in [3.8, 4) is 5.75 Å². The van der Waals surface area contributed by atoms with E-state index >= 15 is 0 Å². The van der Waals surface area contributed by atoms with Gasteiger partial charge in [0, 0.05) is 17.2 Å². The number of hydrogen-bond acceptors (Lipinski definition) is 4. The Morgan fingerprint density at radius 2 is 1.85 bits per heavy atom. The molecule has 0 saturated carbocycles. The van der Waals surface area contributed by atoms with Crippen LogP contribution in [0.2, 0.25) is 0 Å². The Labute approximate surface area is 154 Å². The quantitative estimate of drug-likeness (QED) is 0.747. The third-order valence-electron chi connectivity index (χ3n) is 4.40. The van der Waals surface area contributed by atoms with Crippen LogP contribution in [0.1, 0.15) is 37.6 Å². The van der Waals surface area contributed by atoms with Gasteiger partial charge in [0.25, 0.3) is 0 Å². The summed E-state index contributed by atoms with van der Waals surface area (Å²) in [6, 6.07) is 11.4. The standard InChI is InChI=1S/C20H24N2O3S/c1-13-10-18(15(20(2,3)4)11-19(13)26(5,23)24)25-12-17-14-8-6-7-9-16(14)21-22-17/h6-11H,12H2,1-5H3,(H,21,22). The smallest absolute Gasteiger partial charge is 0.175 e. The van der Waals surface area contributed by atoms with Crippen molar-refractivity contribution in [3.63, 3.8) is 0 Å². The van der Waals surface area contributed by atoms with Crippen LogP contribution in [0.3, 0.4) is 0 Å². The number of sulfone groups is 1. The molecule has 138 valence electrons. The average molecular weight is 372 g/mol. The van der Waals surface area contributed by atoms with E-state index in [4.69, 9.17) is 4.74 Å². The van der Waals surface area contributed by atoms with Crippen LogP contribution < -0.4 is 4.74 Å². The lowest BCUT2D eigenvalue weighted by atomic mass is 9.86. The Kier molecular flexibility index (Phi) is 4.56. The van der Waals surface area contributed by atoms with Crippen LogP contribution in [-0.4, -0.2) is 24.9 Å². The molecule has 1 N–H and O–H groups in total. The molecule has 6 heteroatoms. The van der Waals surface area contributed by atoms with Crippen molar-refractivity contribution in [2.24, 2.45) is 0 Å². The van der Waals surface area contributed by atoms with Crippen molar-refractivity contribution in [2.75, 3.05) is 6.26 Å². The second-order valence-corrected chi connectivity index (χ2v) is 9.62. The topological polar surface area (TPSA) is 72.0 Å². The summed E-state index contributed by atoms with van der Waals surface area (Å²) in [5.41, 5.74) is 3.08. The van der Waals surface area contributed by atoms with Crippen molar-refractivity contribution in [2.45, 2.75) is 44.6 Å². The van der Waals surface area contributed by atoms with Crippen LogP contribution in [0.15, 0.2) is 41.3 Å². The Morgan fingerprint density at radius 1 is 1.15 bits per heavy atom. The first-order chi connectivity index (χ1) is 12.1. The number of hydrogen-bond donors (Lipinski definition) is 1. The van der Waals surface area contributed by atoms with Crippen LogP contribution in [0, 0.1) is 6.92 Å². The van der Waals surface area contributed by atoms with E-state index in [1.165, 1.54) is 6.26 Å². The maximum absolute atomic E-state index is 12.1. The van der Waals surface area contributed by atoms with Crippen LogP contribution in [0.5, 0.6) is 5.75 Å². The lowest BCUT2D eigenvalue weighted by Crippen LogP contribution is -2.15. The Morgan fingerprint density at radius 3 is 2.50 bits per heavy atom. The molecule has 0 amide bonds. The number of aromatic nitrogens is 2. The number of benzene rings is 2. The zero-order valence-electron chi connectivity index (χ0n) is 15.8. The maximum atomic E-state index is 12.1. The number of ether oxygens (including phenoxy) is 1. The Balaban J connectivity index is 2.00. The monoisotopic (exact) mass is 372 g/mol. The van der Waals surface area contributed by atoms with Crippen molar-refractivity contribution in [3.05, 3.63) is 53.2 Å². The number of H-pyrrole nitrogens is 1. The maximum Gasteiger partial charge on any atom is 0.175 e. The van der Waals surface area contributed by atoms with Gasteiger partial charge >= 0.3 is 0 Å². The van der Waals surface area contributed by atoms with Crippen molar-refractivity contribution in [1.29, 1.82) is 0 Å². The fourth-order valence-electron chi connectivity index (χ4n) is 3.04. The second-order valence-electron chi connectivity index (χ2n) is 7.64. The summed E-state index contributed by atoms with van der Waals surface area (Å²) in [5, 5.41) is 8.36. The third kappa shape index (κ3) is 3.60. The lowest BCUT2D eigenvalue weighted by Gasteiger charge is -2.24. The van der Waals surface area contributed by atoms with Crippen LogP contribution in [0.25, 0.3) is 10.9 Å². The fourth-order valence-corrected chi connectivity index (χ4v) is 4.02. The van der Waals surface area contributed by atoms with Gasteiger partial charge < -0.3 is 4.74 Å². The molecule has 2 aromatic carbocycles. The summed E-state index contributed by atoms with van der Waals surface area (Å²) >= 11 is 0. The molecular weight excluding hydrogens is 348 g/mol. The summed E-state index contributed by atoms with van der Waals surface area (Å²) in [5.74, 6) is 0.689. The van der Waals surface area contributed by atoms with Gasteiger partial charge in [-0.25, -0.2) is 8.42 Å². The second kappa shape index (κ2) is 6.43. The minimum absolute atomic E-state index is 0.254. The van der Waals surface area contributed by atoms with E-state index in [2.05, 4.69) is 10.2 Å². The molecule has 3 rings (SSSR count). The molecule has 0 radical (unpaired) electrons. The SMILES string of the molecule is Cc1cc(OCc2n[nH]c3ccccc23)c(C(C)(C)C)cc1S(C)(=O)=O. The summed E-state index contributed by atoms with van der Waals surface area (Å²) < 4.78 is 30.2. The van der Waals surface area contributed by atoms with Crippen LogP contribution in [-0.2, 0) is 21.9 Å². The molecule has 5 nitrogen and oxygen atoms in total. The van der Waals surface area contributed by atoms with E-state index in [9.17, 15) is 8.42 Å². The molecule has 1 heterocycles. The number of para-hydroxylation sites is 1. The fraction of sp³-hybridized carbons (Fsp3) is 0.350. The van der Waals surface area contributed by atoms with Crippen molar-refractivity contribution >= 4 is 20.7 Å². The van der Waals surface area contributed by atoms with E-state index in [0.29, 0.717) is 22.8 Å². The zero-order valence-corrected chi connectivity index (χ0v) is 16.6. The molecule has 0 aliphatic rings. The van der Waals surface area contributed by atoms with E-state index in [1.807, 2.05) is 51.1 Å². The first kappa shape index (κ1) is 18.5. The largest absolute Gasteiger partial charge is 0.487 e. The normalized spacial score (nSPS) is 12.5. The molecule has 0 unspecified atom stereocenters. The number of aromatic amines is 1. The van der Waals surface area contributed by atoms with Crippen LogP contribution in [0.4, 0.5) is 0 Å². The first-order valence-corrected chi connectivity index (χ1v) is 10.4. The molecule has 0 saturated heterocycles. The molecule has 0 bridgehead atoms. The minimum Gasteiger partial charge on any atom is -0.487 e. The number of aryl methyl sites for hydroxylation is 1. The average Bonchev–Trinajstić information content (AvgIpc) is 2.93. The van der Waals surface area contributed by atoms with Gasteiger partial charge in [0.15, 0.2) is 9.84 Å². The van der Waals surface area contributed by atoms with Crippen molar-refractivity contribution < 1.29 is 13.2 Å². The highest BCUT2D eigenvalue weighted by Gasteiger charge is 2.24. The highest BCUT2D eigenvalue weighted by Crippen LogP contribution is 2.35. The van der Waals surface area contributed by atoms with Gasteiger partial charge in [0.1, 0.15) is 18.1 Å². The Hall–Kier alpha value is -2.34. The molecule has 0 aliphatic carbocycles. The summed E-state index contributed by atoms with van der Waals surface area (Å²) in [6.07, 6.45) is 1.23. The summed E-state index contributed by atoms with van der Waals surface area (Å²) in [6.45, 7) is 8.23. The van der Waals surface area contributed by atoms with Crippen molar-refractivity contribution in [1.82, 2.24) is 10.2 Å². The first-order valence-electron chi connectivity index (χ1n) is 8.47. The zero-order chi connectivity index (χ0) is 19.1. The molecule has 3 aromatic rings. The highest BCUT2D eigenvalue weighted by atomic mass is 32.2. The minimum atomic E-state index is -3.29. The summed E-state index contributed by atoms with van der Waals surface area (Å²) in [7, 11) is -3.29. The molecule has 0 spiro atoms. The van der Waals surface area contributed by atoms with Gasteiger partial charge in [-0.05, 0) is 36.1 Å². The van der Waals surface area contributed by atoms with Gasteiger partial charge in [0.05, 0.1) is 10.4 Å². The Bertz CT molecular complexity index is 1060. The van der Waals surface area contributed by atoms with Gasteiger partial charge in [-0.3, -0.25) is 5.10 Å².